The van der Waals surface area contributed by atoms with Crippen LogP contribution in [0, 0.1) is 6.92 Å². The molecule has 0 unspecified atom stereocenters. The predicted molar refractivity (Wildman–Crippen MR) is 76.3 cm³/mol. The Labute approximate surface area is 117 Å². The van der Waals surface area contributed by atoms with Crippen LogP contribution in [0.5, 0.6) is 0 Å². The van der Waals surface area contributed by atoms with Crippen molar-refractivity contribution in [1.29, 1.82) is 0 Å². The molecule has 0 spiro atoms. The highest BCUT2D eigenvalue weighted by Crippen LogP contribution is 2.08. The number of rotatable bonds is 2. The highest BCUT2D eigenvalue weighted by molar-refractivity contribution is 7.14. The fourth-order valence-electron chi connectivity index (χ4n) is 1.72. The van der Waals surface area contributed by atoms with Crippen molar-refractivity contribution in [2.24, 2.45) is 0 Å². The van der Waals surface area contributed by atoms with Gasteiger partial charge in [0.15, 0.2) is 0 Å². The van der Waals surface area contributed by atoms with Crippen LogP contribution in [-0.4, -0.2) is 20.5 Å². The lowest BCUT2D eigenvalue weighted by molar-refractivity contribution is 0.102. The van der Waals surface area contributed by atoms with E-state index in [0.717, 1.165) is 10.1 Å². The molecule has 0 aliphatic rings. The van der Waals surface area contributed by atoms with Crippen molar-refractivity contribution in [3.05, 3.63) is 57.5 Å². The number of carbonyl (C=O) groups excluding carboxylic acids is 1. The summed E-state index contributed by atoms with van der Waals surface area (Å²) < 4.78 is 1.16. The Morgan fingerprint density at radius 2 is 2.05 bits per heavy atom. The maximum atomic E-state index is 12.1. The molecule has 7 heteroatoms. The van der Waals surface area contributed by atoms with E-state index in [1.54, 1.807) is 12.1 Å². The lowest BCUT2D eigenvalue weighted by Gasteiger charge is -2.04. The average molecular weight is 286 g/mol. The van der Waals surface area contributed by atoms with E-state index in [2.05, 4.69) is 15.4 Å². The lowest BCUT2D eigenvalue weighted by Crippen LogP contribution is -2.23. The molecule has 1 aromatic carbocycles. The summed E-state index contributed by atoms with van der Waals surface area (Å²) in [6.45, 7) is 1.94. The van der Waals surface area contributed by atoms with Crippen molar-refractivity contribution >= 4 is 27.9 Å². The molecule has 1 amide bonds. The maximum absolute atomic E-state index is 12.1. The highest BCUT2D eigenvalue weighted by atomic mass is 32.1. The van der Waals surface area contributed by atoms with Gasteiger partial charge in [-0.15, -0.1) is 0 Å². The van der Waals surface area contributed by atoms with Crippen molar-refractivity contribution in [1.82, 2.24) is 14.6 Å². The lowest BCUT2D eigenvalue weighted by atomic mass is 10.1. The summed E-state index contributed by atoms with van der Waals surface area (Å²) in [5.74, 6) is -0.348. The van der Waals surface area contributed by atoms with Gasteiger partial charge in [-0.3, -0.25) is 9.59 Å². The van der Waals surface area contributed by atoms with Crippen LogP contribution in [-0.2, 0) is 0 Å². The van der Waals surface area contributed by atoms with Crippen LogP contribution in [0.1, 0.15) is 15.9 Å². The number of aromatic nitrogens is 3. The number of hydrogen-bond acceptors (Lipinski definition) is 5. The summed E-state index contributed by atoms with van der Waals surface area (Å²) in [6.07, 6.45) is 1.35. The number of nitrogens with one attached hydrogen (secondary N) is 1. The summed E-state index contributed by atoms with van der Waals surface area (Å²) >= 11 is 1.26. The second-order valence-corrected chi connectivity index (χ2v) is 5.04. The normalized spacial score (nSPS) is 10.7. The van der Waals surface area contributed by atoms with Gasteiger partial charge < -0.3 is 5.32 Å². The molecule has 3 aromatic rings. The number of anilines is 1. The smallest absolute Gasteiger partial charge is 0.298 e. The first-order valence-electron chi connectivity index (χ1n) is 5.85. The molecular weight excluding hydrogens is 276 g/mol. The van der Waals surface area contributed by atoms with Crippen LogP contribution in [0.2, 0.25) is 0 Å². The van der Waals surface area contributed by atoms with Crippen molar-refractivity contribution < 1.29 is 4.79 Å². The summed E-state index contributed by atoms with van der Waals surface area (Å²) in [4.78, 5) is 28.7. The predicted octanol–water partition coefficient (Wildman–Crippen LogP) is 1.71. The Kier molecular flexibility index (Phi) is 3.03. The molecule has 0 fully saturated rings. The number of amides is 1. The molecule has 2 aromatic heterocycles. The van der Waals surface area contributed by atoms with Gasteiger partial charge in [0.1, 0.15) is 11.2 Å². The number of nitrogens with zero attached hydrogens (tertiary/aromatic N) is 3. The Bertz CT molecular complexity index is 835. The molecule has 1 N–H and O–H groups in total. The van der Waals surface area contributed by atoms with E-state index in [1.165, 1.54) is 23.0 Å². The third-order valence-electron chi connectivity index (χ3n) is 2.79. The third kappa shape index (κ3) is 2.19. The van der Waals surface area contributed by atoms with Gasteiger partial charge >= 0.3 is 0 Å². The molecule has 0 atom stereocenters. The molecule has 0 radical (unpaired) electrons. The minimum absolute atomic E-state index is 0.110. The number of benzene rings is 1. The molecule has 0 bridgehead atoms. The van der Waals surface area contributed by atoms with Crippen molar-refractivity contribution in [2.75, 3.05) is 5.32 Å². The SMILES string of the molecule is Cc1ccc(C(=O)Nc2cnc3scnn3c2=O)cc1. The first kappa shape index (κ1) is 12.5. The molecule has 0 saturated carbocycles. The van der Waals surface area contributed by atoms with Crippen LogP contribution in [0.3, 0.4) is 0 Å². The Morgan fingerprint density at radius 1 is 1.30 bits per heavy atom. The average Bonchev–Trinajstić information content (AvgIpc) is 2.92. The van der Waals surface area contributed by atoms with Crippen LogP contribution < -0.4 is 10.9 Å². The minimum Gasteiger partial charge on any atom is -0.316 e. The molecule has 2 heterocycles. The number of aryl methyl sites for hydroxylation is 1. The second-order valence-electron chi connectivity index (χ2n) is 4.23. The Hall–Kier alpha value is -2.54. The maximum Gasteiger partial charge on any atom is 0.298 e. The van der Waals surface area contributed by atoms with Gasteiger partial charge in [0.25, 0.3) is 11.5 Å². The Morgan fingerprint density at radius 3 is 2.80 bits per heavy atom. The summed E-state index contributed by atoms with van der Waals surface area (Å²) in [5.41, 5.74) is 2.79. The van der Waals surface area contributed by atoms with Gasteiger partial charge in [-0.1, -0.05) is 29.0 Å². The van der Waals surface area contributed by atoms with E-state index in [-0.39, 0.29) is 11.6 Å². The van der Waals surface area contributed by atoms with Gasteiger partial charge in [0.2, 0.25) is 4.96 Å². The number of carbonyl (C=O) groups is 1. The molecular formula is C13H10N4O2S. The van der Waals surface area contributed by atoms with E-state index < -0.39 is 5.56 Å². The van der Waals surface area contributed by atoms with Crippen LogP contribution >= 0.6 is 11.3 Å². The molecule has 0 aliphatic heterocycles. The van der Waals surface area contributed by atoms with E-state index in [9.17, 15) is 9.59 Å². The molecule has 100 valence electrons. The van der Waals surface area contributed by atoms with E-state index in [4.69, 9.17) is 0 Å². The van der Waals surface area contributed by atoms with E-state index in [0.29, 0.717) is 10.5 Å². The van der Waals surface area contributed by atoms with E-state index >= 15 is 0 Å². The summed E-state index contributed by atoms with van der Waals surface area (Å²) in [5, 5.41) is 6.44. The van der Waals surface area contributed by atoms with Crippen LogP contribution in [0.15, 0.2) is 40.8 Å². The molecule has 20 heavy (non-hydrogen) atoms. The van der Waals surface area contributed by atoms with Crippen LogP contribution in [0.4, 0.5) is 5.69 Å². The standard InChI is InChI=1S/C13H10N4O2S/c1-8-2-4-9(5-3-8)11(18)16-10-6-14-13-17(12(10)19)15-7-20-13/h2-7H,1H3,(H,16,18). The zero-order valence-corrected chi connectivity index (χ0v) is 11.3. The quantitative estimate of drug-likeness (QED) is 0.778. The summed E-state index contributed by atoms with van der Waals surface area (Å²) in [6, 6.07) is 7.08. The molecule has 0 aliphatic carbocycles. The van der Waals surface area contributed by atoms with Gasteiger partial charge in [0.05, 0.1) is 6.20 Å². The van der Waals surface area contributed by atoms with Crippen molar-refractivity contribution in [2.45, 2.75) is 6.92 Å². The third-order valence-corrected chi connectivity index (χ3v) is 3.48. The van der Waals surface area contributed by atoms with Crippen molar-refractivity contribution in [3.8, 4) is 0 Å². The summed E-state index contributed by atoms with van der Waals surface area (Å²) in [7, 11) is 0. The molecule has 3 rings (SSSR count). The van der Waals surface area contributed by atoms with Crippen molar-refractivity contribution in [3.63, 3.8) is 0 Å². The fourth-order valence-corrected chi connectivity index (χ4v) is 2.29. The number of hydrogen-bond donors (Lipinski definition) is 1. The second kappa shape index (κ2) is 4.86. The topological polar surface area (TPSA) is 76.4 Å². The highest BCUT2D eigenvalue weighted by Gasteiger charge is 2.11. The number of fused-ring (bicyclic) bond motifs is 1. The minimum atomic E-state index is -0.392. The monoisotopic (exact) mass is 286 g/mol. The largest absolute Gasteiger partial charge is 0.316 e. The van der Waals surface area contributed by atoms with Gasteiger partial charge in [-0.2, -0.15) is 9.61 Å². The first-order chi connectivity index (χ1) is 9.65. The van der Waals surface area contributed by atoms with Gasteiger partial charge in [0, 0.05) is 5.56 Å². The zero-order chi connectivity index (χ0) is 14.1. The van der Waals surface area contributed by atoms with E-state index in [1.807, 2.05) is 19.1 Å². The molecule has 0 saturated heterocycles. The van der Waals surface area contributed by atoms with Crippen LogP contribution in [0.25, 0.3) is 4.96 Å². The van der Waals surface area contributed by atoms with Gasteiger partial charge in [-0.05, 0) is 19.1 Å². The Balaban J connectivity index is 1.93. The first-order valence-corrected chi connectivity index (χ1v) is 6.72. The fraction of sp³-hybridized carbons (Fsp3) is 0.0769. The molecule has 6 nitrogen and oxygen atoms in total. The zero-order valence-electron chi connectivity index (χ0n) is 10.5. The van der Waals surface area contributed by atoms with Gasteiger partial charge in [-0.25, -0.2) is 4.98 Å².